The van der Waals surface area contributed by atoms with E-state index in [1.54, 1.807) is 10.8 Å². The van der Waals surface area contributed by atoms with Crippen molar-refractivity contribution in [2.75, 3.05) is 0 Å². The summed E-state index contributed by atoms with van der Waals surface area (Å²) in [6.45, 7) is 2.69. The van der Waals surface area contributed by atoms with Crippen LogP contribution in [0.2, 0.25) is 0 Å². The van der Waals surface area contributed by atoms with E-state index in [0.717, 1.165) is 0 Å². The number of rotatable bonds is 4. The molecule has 2 rings (SSSR count). The van der Waals surface area contributed by atoms with Gasteiger partial charge in [-0.1, -0.05) is 37.3 Å². The van der Waals surface area contributed by atoms with Crippen LogP contribution < -0.4 is 0 Å². The van der Waals surface area contributed by atoms with Gasteiger partial charge >= 0.3 is 5.97 Å². The van der Waals surface area contributed by atoms with Crippen LogP contribution in [0.4, 0.5) is 0 Å². The van der Waals surface area contributed by atoms with E-state index < -0.39 is 5.97 Å². The van der Waals surface area contributed by atoms with Gasteiger partial charge in [0, 0.05) is 18.9 Å². The van der Waals surface area contributed by atoms with Crippen molar-refractivity contribution in [3.05, 3.63) is 54.1 Å². The second kappa shape index (κ2) is 4.82. The summed E-state index contributed by atoms with van der Waals surface area (Å²) in [6, 6.07) is 10.0. The van der Waals surface area contributed by atoms with Crippen molar-refractivity contribution >= 4 is 5.97 Å². The molecule has 1 N–H and O–H groups in total. The number of aromatic carboxylic acids is 1. The zero-order valence-electron chi connectivity index (χ0n) is 9.58. The minimum Gasteiger partial charge on any atom is -0.475 e. The molecule has 1 heterocycles. The van der Waals surface area contributed by atoms with Crippen LogP contribution in [0.5, 0.6) is 0 Å². The molecule has 0 aliphatic rings. The average molecular weight is 230 g/mol. The first-order valence-corrected chi connectivity index (χ1v) is 5.48. The Morgan fingerprint density at radius 3 is 2.76 bits per heavy atom. The molecule has 0 fully saturated rings. The van der Waals surface area contributed by atoms with Crippen LogP contribution >= 0.6 is 0 Å². The maximum atomic E-state index is 10.9. The lowest BCUT2D eigenvalue weighted by Gasteiger charge is -2.13. The number of benzene rings is 1. The van der Waals surface area contributed by atoms with E-state index >= 15 is 0 Å². The van der Waals surface area contributed by atoms with E-state index in [2.05, 4.69) is 11.9 Å². The van der Waals surface area contributed by atoms with Gasteiger partial charge < -0.3 is 9.67 Å². The summed E-state index contributed by atoms with van der Waals surface area (Å²) >= 11 is 0. The SMILES string of the molecule is CC(Cn1ccnc1C(=O)O)c1ccccc1. The third-order valence-electron chi connectivity index (χ3n) is 2.75. The van der Waals surface area contributed by atoms with Gasteiger partial charge in [-0.15, -0.1) is 0 Å². The second-order valence-electron chi connectivity index (χ2n) is 4.02. The monoisotopic (exact) mass is 230 g/mol. The number of carboxylic acids is 1. The van der Waals surface area contributed by atoms with Crippen molar-refractivity contribution in [3.63, 3.8) is 0 Å². The van der Waals surface area contributed by atoms with Gasteiger partial charge in [0.05, 0.1) is 0 Å². The predicted octanol–water partition coefficient (Wildman–Crippen LogP) is 2.39. The molecule has 0 spiro atoms. The highest BCUT2D eigenvalue weighted by molar-refractivity contribution is 5.83. The Morgan fingerprint density at radius 1 is 1.41 bits per heavy atom. The van der Waals surface area contributed by atoms with Gasteiger partial charge in [-0.3, -0.25) is 0 Å². The lowest BCUT2D eigenvalue weighted by atomic mass is 10.0. The quantitative estimate of drug-likeness (QED) is 0.877. The van der Waals surface area contributed by atoms with E-state index in [1.165, 1.54) is 11.8 Å². The summed E-state index contributed by atoms with van der Waals surface area (Å²) in [5.41, 5.74) is 1.19. The van der Waals surface area contributed by atoms with Gasteiger partial charge in [0.1, 0.15) is 0 Å². The molecule has 1 aromatic carbocycles. The Hall–Kier alpha value is -2.10. The van der Waals surface area contributed by atoms with Crippen molar-refractivity contribution in [2.45, 2.75) is 19.4 Å². The van der Waals surface area contributed by atoms with E-state index in [1.807, 2.05) is 30.3 Å². The molecule has 0 aliphatic heterocycles. The Labute approximate surface area is 99.5 Å². The molecule has 1 atom stereocenters. The normalized spacial score (nSPS) is 12.3. The van der Waals surface area contributed by atoms with E-state index in [4.69, 9.17) is 5.11 Å². The molecular formula is C13H14N2O2. The molecule has 88 valence electrons. The van der Waals surface area contributed by atoms with Gasteiger partial charge in [-0.05, 0) is 11.5 Å². The van der Waals surface area contributed by atoms with Crippen LogP contribution in [-0.2, 0) is 6.54 Å². The van der Waals surface area contributed by atoms with Crippen LogP contribution in [0.15, 0.2) is 42.7 Å². The van der Waals surface area contributed by atoms with Gasteiger partial charge in [-0.25, -0.2) is 9.78 Å². The molecule has 1 aromatic heterocycles. The molecule has 0 saturated carbocycles. The third-order valence-corrected chi connectivity index (χ3v) is 2.75. The van der Waals surface area contributed by atoms with Crippen molar-refractivity contribution in [2.24, 2.45) is 0 Å². The fraction of sp³-hybridized carbons (Fsp3) is 0.231. The molecule has 0 radical (unpaired) electrons. The molecule has 0 aliphatic carbocycles. The number of carboxylic acid groups (broad SMARTS) is 1. The highest BCUT2D eigenvalue weighted by atomic mass is 16.4. The largest absolute Gasteiger partial charge is 0.475 e. The topological polar surface area (TPSA) is 55.1 Å². The highest BCUT2D eigenvalue weighted by Crippen LogP contribution is 2.17. The fourth-order valence-electron chi connectivity index (χ4n) is 1.84. The first-order valence-electron chi connectivity index (χ1n) is 5.48. The number of hydrogen-bond donors (Lipinski definition) is 1. The average Bonchev–Trinajstić information content (AvgIpc) is 2.78. The van der Waals surface area contributed by atoms with E-state index in [-0.39, 0.29) is 11.7 Å². The second-order valence-corrected chi connectivity index (χ2v) is 4.02. The lowest BCUT2D eigenvalue weighted by molar-refractivity contribution is 0.0677. The van der Waals surface area contributed by atoms with Crippen molar-refractivity contribution in [3.8, 4) is 0 Å². The van der Waals surface area contributed by atoms with Crippen LogP contribution in [0.1, 0.15) is 29.0 Å². The van der Waals surface area contributed by atoms with E-state index in [0.29, 0.717) is 6.54 Å². The number of hydrogen-bond acceptors (Lipinski definition) is 2. The van der Waals surface area contributed by atoms with Gasteiger partial charge in [0.2, 0.25) is 5.82 Å². The summed E-state index contributed by atoms with van der Waals surface area (Å²) in [4.78, 5) is 14.7. The Balaban J connectivity index is 2.16. The first-order chi connectivity index (χ1) is 8.18. The summed E-state index contributed by atoms with van der Waals surface area (Å²) in [5, 5.41) is 8.95. The molecular weight excluding hydrogens is 216 g/mol. The molecule has 4 heteroatoms. The van der Waals surface area contributed by atoms with Crippen molar-refractivity contribution in [1.82, 2.24) is 9.55 Å². The smallest absolute Gasteiger partial charge is 0.372 e. The summed E-state index contributed by atoms with van der Waals surface area (Å²) in [6.07, 6.45) is 3.21. The van der Waals surface area contributed by atoms with Gasteiger partial charge in [0.15, 0.2) is 0 Å². The van der Waals surface area contributed by atoms with Crippen LogP contribution in [-0.4, -0.2) is 20.6 Å². The molecule has 4 nitrogen and oxygen atoms in total. The molecule has 2 aromatic rings. The maximum Gasteiger partial charge on any atom is 0.372 e. The lowest BCUT2D eigenvalue weighted by Crippen LogP contribution is -2.13. The van der Waals surface area contributed by atoms with Crippen molar-refractivity contribution < 1.29 is 9.90 Å². The van der Waals surface area contributed by atoms with Gasteiger partial charge in [0.25, 0.3) is 0 Å². The Kier molecular flexibility index (Phi) is 3.23. The van der Waals surface area contributed by atoms with Crippen LogP contribution in [0.25, 0.3) is 0 Å². The fourth-order valence-corrected chi connectivity index (χ4v) is 1.84. The van der Waals surface area contributed by atoms with Gasteiger partial charge in [-0.2, -0.15) is 0 Å². The molecule has 1 unspecified atom stereocenters. The number of nitrogens with zero attached hydrogens (tertiary/aromatic N) is 2. The third kappa shape index (κ3) is 2.53. The summed E-state index contributed by atoms with van der Waals surface area (Å²) in [7, 11) is 0. The molecule has 0 bridgehead atoms. The Morgan fingerprint density at radius 2 is 2.12 bits per heavy atom. The zero-order valence-corrected chi connectivity index (χ0v) is 9.58. The molecule has 0 saturated heterocycles. The van der Waals surface area contributed by atoms with Crippen molar-refractivity contribution in [1.29, 1.82) is 0 Å². The number of imidazole rings is 1. The minimum absolute atomic E-state index is 0.0905. The minimum atomic E-state index is -0.990. The number of carbonyl (C=O) groups is 1. The Bertz CT molecular complexity index is 505. The van der Waals surface area contributed by atoms with E-state index in [9.17, 15) is 4.79 Å². The molecule has 17 heavy (non-hydrogen) atoms. The highest BCUT2D eigenvalue weighted by Gasteiger charge is 2.13. The number of aromatic nitrogens is 2. The van der Waals surface area contributed by atoms with Crippen LogP contribution in [0, 0.1) is 0 Å². The zero-order chi connectivity index (χ0) is 12.3. The summed E-state index contributed by atoms with van der Waals surface area (Å²) < 4.78 is 1.67. The standard InChI is InChI=1S/C13H14N2O2/c1-10(11-5-3-2-4-6-11)9-15-8-7-14-12(15)13(16)17/h2-8,10H,9H2,1H3,(H,16,17). The predicted molar refractivity (Wildman–Crippen MR) is 64.0 cm³/mol. The maximum absolute atomic E-state index is 10.9. The van der Waals surface area contributed by atoms with Crippen LogP contribution in [0.3, 0.4) is 0 Å². The molecule has 0 amide bonds. The first kappa shape index (κ1) is 11.4. The summed E-state index contributed by atoms with van der Waals surface area (Å²) in [5.74, 6) is -0.647.